The number of piperidine rings is 1. The number of benzene rings is 1. The van der Waals surface area contributed by atoms with Gasteiger partial charge in [-0.3, -0.25) is 19.7 Å². The van der Waals surface area contributed by atoms with Crippen LogP contribution in [0.25, 0.3) is 11.1 Å². The molecule has 0 bridgehead atoms. The van der Waals surface area contributed by atoms with Gasteiger partial charge in [0.15, 0.2) is 0 Å². The lowest BCUT2D eigenvalue weighted by atomic mass is 9.99. The van der Waals surface area contributed by atoms with E-state index in [0.717, 1.165) is 26.9 Å². The van der Waals surface area contributed by atoms with Crippen molar-refractivity contribution in [3.63, 3.8) is 0 Å². The molecule has 3 heterocycles. The number of rotatable bonds is 6. The van der Waals surface area contributed by atoms with Crippen LogP contribution in [0.3, 0.4) is 0 Å². The second-order valence-corrected chi connectivity index (χ2v) is 11.8. The molecule has 1 aliphatic heterocycles. The predicted molar refractivity (Wildman–Crippen MR) is 152 cm³/mol. The molecule has 1 atom stereocenters. The summed E-state index contributed by atoms with van der Waals surface area (Å²) in [6, 6.07) is 11.4. The zero-order chi connectivity index (χ0) is 29.1. The fraction of sp³-hybridized carbons (Fsp3) is 0.379. The monoisotopic (exact) mass is 615 g/mol. The van der Waals surface area contributed by atoms with E-state index in [-0.39, 0.29) is 24.7 Å². The summed E-state index contributed by atoms with van der Waals surface area (Å²) < 4.78 is 35.4. The third kappa shape index (κ3) is 8.04. The lowest BCUT2D eigenvalue weighted by molar-refractivity contribution is -0.0859. The number of alkyl halides is 2. The zero-order valence-corrected chi connectivity index (χ0v) is 24.4. The average molecular weight is 617 g/mol. The van der Waals surface area contributed by atoms with E-state index in [2.05, 4.69) is 36.5 Å². The SMILES string of the molecule is Cc1ccc(-c2cc(CN3CCC(F)(F)[C@H](NC(=O)OC(C)(C)C)C3)cc(NC(=O)c3cc(Br)ccn3)c2)cn1. The molecule has 1 aliphatic rings. The Morgan fingerprint density at radius 3 is 2.58 bits per heavy atom. The van der Waals surface area contributed by atoms with Gasteiger partial charge in [-0.1, -0.05) is 22.0 Å². The van der Waals surface area contributed by atoms with Gasteiger partial charge in [0.05, 0.1) is 0 Å². The van der Waals surface area contributed by atoms with Gasteiger partial charge in [-0.25, -0.2) is 13.6 Å². The molecule has 8 nitrogen and oxygen atoms in total. The second kappa shape index (κ2) is 12.0. The van der Waals surface area contributed by atoms with Crippen molar-refractivity contribution in [1.82, 2.24) is 20.2 Å². The number of aryl methyl sites for hydroxylation is 1. The van der Waals surface area contributed by atoms with Gasteiger partial charge in [0, 0.05) is 59.9 Å². The molecule has 0 aliphatic carbocycles. The Morgan fingerprint density at radius 2 is 1.90 bits per heavy atom. The van der Waals surface area contributed by atoms with Crippen LogP contribution < -0.4 is 10.6 Å². The smallest absolute Gasteiger partial charge is 0.408 e. The standard InChI is InChI=1S/C29H32BrF2N5O3/c1-18-5-6-20(15-34-18)21-11-19(12-23(13-21)35-26(38)24-14-22(30)7-9-33-24)16-37-10-8-29(31,32)25(17-37)36-27(39)40-28(2,3)4/h5-7,9,11-15,25H,8,10,16-17H2,1-4H3,(H,35,38)(H,36,39)/t25-/m1/s1. The van der Waals surface area contributed by atoms with Gasteiger partial charge in [-0.05, 0) is 75.2 Å². The van der Waals surface area contributed by atoms with Gasteiger partial charge in [-0.15, -0.1) is 0 Å². The van der Waals surface area contributed by atoms with Crippen LogP contribution in [0.1, 0.15) is 48.9 Å². The number of aromatic nitrogens is 2. The van der Waals surface area contributed by atoms with Crippen LogP contribution in [0.15, 0.2) is 59.3 Å². The lowest BCUT2D eigenvalue weighted by Crippen LogP contribution is -2.58. The second-order valence-electron chi connectivity index (χ2n) is 10.9. The van der Waals surface area contributed by atoms with E-state index < -0.39 is 30.1 Å². The Balaban J connectivity index is 1.57. The lowest BCUT2D eigenvalue weighted by Gasteiger charge is -2.38. The number of likely N-dealkylation sites (tertiary alicyclic amines) is 1. The summed E-state index contributed by atoms with van der Waals surface area (Å²) >= 11 is 3.35. The normalized spacial score (nSPS) is 17.2. The Kier molecular flexibility index (Phi) is 8.84. The van der Waals surface area contributed by atoms with E-state index in [4.69, 9.17) is 4.74 Å². The third-order valence-corrected chi connectivity index (χ3v) is 6.75. The van der Waals surface area contributed by atoms with Crippen molar-refractivity contribution in [2.75, 3.05) is 18.4 Å². The van der Waals surface area contributed by atoms with Crippen molar-refractivity contribution in [3.05, 3.63) is 76.3 Å². The first kappa shape index (κ1) is 29.5. The molecule has 0 saturated carbocycles. The third-order valence-electron chi connectivity index (χ3n) is 6.26. The fourth-order valence-corrected chi connectivity index (χ4v) is 4.69. The first-order valence-corrected chi connectivity index (χ1v) is 13.7. The number of hydrogen-bond acceptors (Lipinski definition) is 6. The number of alkyl carbamates (subject to hydrolysis) is 1. The van der Waals surface area contributed by atoms with Crippen LogP contribution in [-0.2, 0) is 11.3 Å². The predicted octanol–water partition coefficient (Wildman–Crippen LogP) is 6.20. The Bertz CT molecular complexity index is 1380. The molecule has 4 rings (SSSR count). The molecule has 0 spiro atoms. The minimum Gasteiger partial charge on any atom is -0.444 e. The van der Waals surface area contributed by atoms with Gasteiger partial charge in [0.25, 0.3) is 11.8 Å². The Hall–Kier alpha value is -3.44. The maximum Gasteiger partial charge on any atom is 0.408 e. The number of amides is 2. The van der Waals surface area contributed by atoms with Gasteiger partial charge in [-0.2, -0.15) is 0 Å². The molecule has 212 valence electrons. The Morgan fingerprint density at radius 1 is 1.12 bits per heavy atom. The maximum absolute atomic E-state index is 14.7. The van der Waals surface area contributed by atoms with Crippen LogP contribution in [0, 0.1) is 6.92 Å². The van der Waals surface area contributed by atoms with Crippen molar-refractivity contribution >= 4 is 33.6 Å². The van der Waals surface area contributed by atoms with E-state index in [1.54, 1.807) is 39.1 Å². The van der Waals surface area contributed by atoms with E-state index in [1.807, 2.05) is 42.2 Å². The first-order chi connectivity index (χ1) is 18.8. The molecule has 2 aromatic heterocycles. The van der Waals surface area contributed by atoms with Crippen LogP contribution in [-0.4, -0.2) is 57.5 Å². The molecule has 0 unspecified atom stereocenters. The number of carbonyl (C=O) groups excluding carboxylic acids is 2. The summed E-state index contributed by atoms with van der Waals surface area (Å²) in [5, 5.41) is 5.25. The number of ether oxygens (including phenoxy) is 1. The van der Waals surface area contributed by atoms with E-state index in [0.29, 0.717) is 12.2 Å². The highest BCUT2D eigenvalue weighted by Crippen LogP contribution is 2.31. The maximum atomic E-state index is 14.7. The number of anilines is 1. The van der Waals surface area contributed by atoms with E-state index in [1.165, 1.54) is 6.20 Å². The largest absolute Gasteiger partial charge is 0.444 e. The zero-order valence-electron chi connectivity index (χ0n) is 22.8. The summed E-state index contributed by atoms with van der Waals surface area (Å²) in [7, 11) is 0. The minimum absolute atomic E-state index is 0.0633. The summed E-state index contributed by atoms with van der Waals surface area (Å²) in [5.41, 5.74) is 3.30. The van der Waals surface area contributed by atoms with Crippen molar-refractivity contribution in [3.8, 4) is 11.1 Å². The van der Waals surface area contributed by atoms with Crippen LogP contribution >= 0.6 is 15.9 Å². The van der Waals surface area contributed by atoms with Gasteiger partial charge in [0.1, 0.15) is 17.3 Å². The molecule has 1 aromatic carbocycles. The quantitative estimate of drug-likeness (QED) is 0.343. The van der Waals surface area contributed by atoms with Crippen molar-refractivity contribution < 1.29 is 23.1 Å². The fourth-order valence-electron chi connectivity index (χ4n) is 4.35. The summed E-state index contributed by atoms with van der Waals surface area (Å²) in [5.74, 6) is -3.45. The molecular weight excluding hydrogens is 584 g/mol. The molecule has 3 aromatic rings. The molecule has 0 radical (unpaired) electrons. The van der Waals surface area contributed by atoms with E-state index >= 15 is 0 Å². The minimum atomic E-state index is -3.07. The van der Waals surface area contributed by atoms with E-state index in [9.17, 15) is 18.4 Å². The molecular formula is C29H32BrF2N5O3. The van der Waals surface area contributed by atoms with Gasteiger partial charge in [0.2, 0.25) is 0 Å². The summed E-state index contributed by atoms with van der Waals surface area (Å²) in [6.45, 7) is 7.33. The van der Waals surface area contributed by atoms with Gasteiger partial charge < -0.3 is 15.4 Å². The molecule has 11 heteroatoms. The molecule has 1 saturated heterocycles. The number of nitrogens with one attached hydrogen (secondary N) is 2. The molecule has 40 heavy (non-hydrogen) atoms. The van der Waals surface area contributed by atoms with Gasteiger partial charge >= 0.3 is 6.09 Å². The highest BCUT2D eigenvalue weighted by molar-refractivity contribution is 9.10. The summed E-state index contributed by atoms with van der Waals surface area (Å²) in [6.07, 6.45) is 2.00. The highest BCUT2D eigenvalue weighted by atomic mass is 79.9. The van der Waals surface area contributed by atoms with Crippen molar-refractivity contribution in [1.29, 1.82) is 0 Å². The van der Waals surface area contributed by atoms with Crippen molar-refractivity contribution in [2.45, 2.75) is 58.2 Å². The number of halogens is 3. The number of pyridine rings is 2. The Labute approximate surface area is 240 Å². The number of carbonyl (C=O) groups is 2. The number of nitrogens with zero attached hydrogens (tertiary/aromatic N) is 3. The highest BCUT2D eigenvalue weighted by Gasteiger charge is 2.45. The topological polar surface area (TPSA) is 96.5 Å². The average Bonchev–Trinajstić information content (AvgIpc) is 2.85. The van der Waals surface area contributed by atoms with Crippen LogP contribution in [0.5, 0.6) is 0 Å². The molecule has 2 amide bonds. The van der Waals surface area contributed by atoms with Crippen LogP contribution in [0.4, 0.5) is 19.3 Å². The van der Waals surface area contributed by atoms with Crippen molar-refractivity contribution in [2.24, 2.45) is 0 Å². The first-order valence-electron chi connectivity index (χ1n) is 12.9. The molecule has 2 N–H and O–H groups in total. The molecule has 1 fully saturated rings. The number of hydrogen-bond donors (Lipinski definition) is 2. The summed E-state index contributed by atoms with van der Waals surface area (Å²) in [4.78, 5) is 35.5. The van der Waals surface area contributed by atoms with Crippen LogP contribution in [0.2, 0.25) is 0 Å².